The summed E-state index contributed by atoms with van der Waals surface area (Å²) >= 11 is 0. The van der Waals surface area contributed by atoms with Crippen molar-refractivity contribution in [3.05, 3.63) is 12.2 Å². The van der Waals surface area contributed by atoms with Gasteiger partial charge in [0.15, 0.2) is 0 Å². The molecule has 0 aromatic rings. The zero-order valence-electron chi connectivity index (χ0n) is 9.21. The topological polar surface area (TPSA) is 15.3 Å². The molecule has 2 rings (SSSR count). The Labute approximate surface area is 87.4 Å². The van der Waals surface area contributed by atoms with E-state index in [1.165, 1.54) is 45.3 Å². The van der Waals surface area contributed by atoms with Gasteiger partial charge in [0.25, 0.3) is 0 Å². The van der Waals surface area contributed by atoms with Crippen LogP contribution in [0.4, 0.5) is 0 Å². The highest BCUT2D eigenvalue weighted by Crippen LogP contribution is 2.15. The standard InChI is InChI=1S/C12H22N2/c1-14-8-7-11(10-14)9-13-12-5-3-2-4-6-12/h3,5,11-13H,2,4,6-10H2,1H3. The highest BCUT2D eigenvalue weighted by molar-refractivity contribution is 4.97. The summed E-state index contributed by atoms with van der Waals surface area (Å²) in [4.78, 5) is 2.43. The fourth-order valence-electron chi connectivity index (χ4n) is 2.49. The molecule has 2 nitrogen and oxygen atoms in total. The van der Waals surface area contributed by atoms with Crippen molar-refractivity contribution in [1.82, 2.24) is 10.2 Å². The van der Waals surface area contributed by atoms with E-state index in [0.717, 1.165) is 5.92 Å². The van der Waals surface area contributed by atoms with E-state index in [0.29, 0.717) is 6.04 Å². The molecule has 2 unspecified atom stereocenters. The largest absolute Gasteiger partial charge is 0.310 e. The SMILES string of the molecule is CN1CCC(CNC2C=CCCC2)C1. The van der Waals surface area contributed by atoms with Crippen LogP contribution >= 0.6 is 0 Å². The first-order chi connectivity index (χ1) is 6.84. The van der Waals surface area contributed by atoms with Gasteiger partial charge >= 0.3 is 0 Å². The van der Waals surface area contributed by atoms with E-state index in [9.17, 15) is 0 Å². The lowest BCUT2D eigenvalue weighted by Crippen LogP contribution is -2.33. The third-order valence-electron chi connectivity index (χ3n) is 3.41. The second-order valence-electron chi connectivity index (χ2n) is 4.79. The molecule has 1 saturated heterocycles. The summed E-state index contributed by atoms with van der Waals surface area (Å²) in [5.74, 6) is 0.885. The number of rotatable bonds is 3. The van der Waals surface area contributed by atoms with Crippen LogP contribution in [0, 0.1) is 5.92 Å². The summed E-state index contributed by atoms with van der Waals surface area (Å²) in [6.45, 7) is 3.77. The maximum atomic E-state index is 3.67. The predicted molar refractivity (Wildman–Crippen MR) is 60.4 cm³/mol. The van der Waals surface area contributed by atoms with E-state index in [4.69, 9.17) is 0 Å². The number of allylic oxidation sites excluding steroid dienone is 1. The van der Waals surface area contributed by atoms with Gasteiger partial charge in [-0.15, -0.1) is 0 Å². The van der Waals surface area contributed by atoms with Crippen molar-refractivity contribution in [2.24, 2.45) is 5.92 Å². The lowest BCUT2D eigenvalue weighted by Gasteiger charge is -2.20. The highest BCUT2D eigenvalue weighted by atomic mass is 15.1. The summed E-state index contributed by atoms with van der Waals surface area (Å²) in [5, 5.41) is 3.67. The molecule has 0 saturated carbocycles. The molecule has 0 amide bonds. The maximum Gasteiger partial charge on any atom is 0.0250 e. The molecule has 2 aliphatic rings. The summed E-state index contributed by atoms with van der Waals surface area (Å²) in [6.07, 6.45) is 10.0. The van der Waals surface area contributed by atoms with E-state index < -0.39 is 0 Å². The predicted octanol–water partition coefficient (Wildman–Crippen LogP) is 1.64. The lowest BCUT2D eigenvalue weighted by atomic mass is 10.0. The minimum Gasteiger partial charge on any atom is -0.310 e. The molecule has 1 aliphatic heterocycles. The zero-order valence-corrected chi connectivity index (χ0v) is 9.21. The van der Waals surface area contributed by atoms with E-state index in [1.807, 2.05) is 0 Å². The maximum absolute atomic E-state index is 3.67. The second kappa shape index (κ2) is 4.94. The Bertz CT molecular complexity index is 200. The van der Waals surface area contributed by atoms with Crippen LogP contribution in [-0.2, 0) is 0 Å². The van der Waals surface area contributed by atoms with Crippen LogP contribution in [0.2, 0.25) is 0 Å². The van der Waals surface area contributed by atoms with E-state index in [2.05, 4.69) is 29.4 Å². The second-order valence-corrected chi connectivity index (χ2v) is 4.79. The molecule has 0 spiro atoms. The Balaban J connectivity index is 1.66. The van der Waals surface area contributed by atoms with Gasteiger partial charge in [0.05, 0.1) is 0 Å². The number of likely N-dealkylation sites (tertiary alicyclic amines) is 1. The smallest absolute Gasteiger partial charge is 0.0250 e. The third-order valence-corrected chi connectivity index (χ3v) is 3.41. The molecule has 1 aliphatic carbocycles. The molecule has 2 atom stereocenters. The molecule has 14 heavy (non-hydrogen) atoms. The molecule has 2 heteroatoms. The van der Waals surface area contributed by atoms with E-state index >= 15 is 0 Å². The Morgan fingerprint density at radius 2 is 2.36 bits per heavy atom. The molecular formula is C12H22N2. The van der Waals surface area contributed by atoms with Crippen LogP contribution in [0.25, 0.3) is 0 Å². The van der Waals surface area contributed by atoms with Crippen molar-refractivity contribution in [3.8, 4) is 0 Å². The zero-order chi connectivity index (χ0) is 9.80. The molecule has 1 N–H and O–H groups in total. The van der Waals surface area contributed by atoms with E-state index in [-0.39, 0.29) is 0 Å². The van der Waals surface area contributed by atoms with Gasteiger partial charge < -0.3 is 10.2 Å². The Morgan fingerprint density at radius 1 is 1.43 bits per heavy atom. The van der Waals surface area contributed by atoms with Crippen LogP contribution < -0.4 is 5.32 Å². The number of hydrogen-bond acceptors (Lipinski definition) is 2. The first-order valence-corrected chi connectivity index (χ1v) is 5.93. The molecule has 80 valence electrons. The fourth-order valence-corrected chi connectivity index (χ4v) is 2.49. The summed E-state index contributed by atoms with van der Waals surface area (Å²) in [5.41, 5.74) is 0. The van der Waals surface area contributed by atoms with Gasteiger partial charge in [-0.2, -0.15) is 0 Å². The van der Waals surface area contributed by atoms with Gasteiger partial charge in [-0.05, 0) is 51.7 Å². The van der Waals surface area contributed by atoms with Crippen molar-refractivity contribution in [2.75, 3.05) is 26.7 Å². The minimum atomic E-state index is 0.662. The number of nitrogens with zero attached hydrogens (tertiary/aromatic N) is 1. The third kappa shape index (κ3) is 2.82. The summed E-state index contributed by atoms with van der Waals surface area (Å²) < 4.78 is 0. The fraction of sp³-hybridized carbons (Fsp3) is 0.833. The highest BCUT2D eigenvalue weighted by Gasteiger charge is 2.19. The van der Waals surface area contributed by atoms with E-state index in [1.54, 1.807) is 0 Å². The van der Waals surface area contributed by atoms with Crippen LogP contribution in [0.1, 0.15) is 25.7 Å². The first-order valence-electron chi connectivity index (χ1n) is 5.93. The molecule has 1 heterocycles. The van der Waals surface area contributed by atoms with Gasteiger partial charge in [0.2, 0.25) is 0 Å². The Hall–Kier alpha value is -0.340. The molecular weight excluding hydrogens is 172 g/mol. The average Bonchev–Trinajstić information content (AvgIpc) is 2.63. The molecule has 0 bridgehead atoms. The van der Waals surface area contributed by atoms with Gasteiger partial charge in [0.1, 0.15) is 0 Å². The minimum absolute atomic E-state index is 0.662. The molecule has 1 fully saturated rings. The average molecular weight is 194 g/mol. The van der Waals surface area contributed by atoms with Crippen molar-refractivity contribution < 1.29 is 0 Å². The van der Waals surface area contributed by atoms with Crippen LogP contribution in [-0.4, -0.2) is 37.6 Å². The van der Waals surface area contributed by atoms with Crippen molar-refractivity contribution in [1.29, 1.82) is 0 Å². The quantitative estimate of drug-likeness (QED) is 0.687. The summed E-state index contributed by atoms with van der Waals surface area (Å²) in [7, 11) is 2.22. The van der Waals surface area contributed by atoms with Gasteiger partial charge in [-0.1, -0.05) is 12.2 Å². The van der Waals surface area contributed by atoms with Gasteiger partial charge in [-0.25, -0.2) is 0 Å². The van der Waals surface area contributed by atoms with Crippen molar-refractivity contribution >= 4 is 0 Å². The van der Waals surface area contributed by atoms with Crippen LogP contribution in [0.15, 0.2) is 12.2 Å². The van der Waals surface area contributed by atoms with Crippen molar-refractivity contribution in [3.63, 3.8) is 0 Å². The summed E-state index contributed by atoms with van der Waals surface area (Å²) in [6, 6.07) is 0.662. The number of nitrogens with one attached hydrogen (secondary N) is 1. The Morgan fingerprint density at radius 3 is 3.00 bits per heavy atom. The van der Waals surface area contributed by atoms with Gasteiger partial charge in [0, 0.05) is 12.6 Å². The molecule has 0 radical (unpaired) electrons. The Kier molecular flexibility index (Phi) is 3.60. The van der Waals surface area contributed by atoms with Crippen molar-refractivity contribution in [2.45, 2.75) is 31.7 Å². The van der Waals surface area contributed by atoms with Gasteiger partial charge in [-0.3, -0.25) is 0 Å². The molecule has 0 aromatic heterocycles. The van der Waals surface area contributed by atoms with Crippen LogP contribution in [0.3, 0.4) is 0 Å². The number of hydrogen-bond donors (Lipinski definition) is 1. The first kappa shape index (κ1) is 10.2. The van der Waals surface area contributed by atoms with Crippen LogP contribution in [0.5, 0.6) is 0 Å². The molecule has 0 aromatic carbocycles. The monoisotopic (exact) mass is 194 g/mol. The lowest BCUT2D eigenvalue weighted by molar-refractivity contribution is 0.380. The normalized spacial score (nSPS) is 33.8.